The number of esters is 1. The summed E-state index contributed by atoms with van der Waals surface area (Å²) in [5.41, 5.74) is 0.627. The minimum atomic E-state index is -0.420. The van der Waals surface area contributed by atoms with Crippen LogP contribution in [0.1, 0.15) is 20.2 Å². The molecular weight excluding hydrogens is 290 g/mol. The summed E-state index contributed by atoms with van der Waals surface area (Å²) in [6.45, 7) is 0. The van der Waals surface area contributed by atoms with E-state index in [1.807, 2.05) is 14.1 Å². The van der Waals surface area contributed by atoms with Gasteiger partial charge in [-0.2, -0.15) is 0 Å². The number of ether oxygens (including phenoxy) is 1. The van der Waals surface area contributed by atoms with Crippen LogP contribution < -0.4 is 0 Å². The van der Waals surface area contributed by atoms with Crippen molar-refractivity contribution < 1.29 is 18.7 Å². The van der Waals surface area contributed by atoms with Gasteiger partial charge in [0.05, 0.1) is 7.11 Å². The fourth-order valence-corrected chi connectivity index (χ4v) is 2.48. The van der Waals surface area contributed by atoms with Gasteiger partial charge in [0.2, 0.25) is 5.78 Å². The Hall–Kier alpha value is -2.34. The number of hydrogen-bond donors (Lipinski definition) is 0. The molecule has 0 aliphatic carbocycles. The average Bonchev–Trinajstić information content (AvgIpc) is 3.11. The molecule has 6 heteroatoms. The zero-order valence-electron chi connectivity index (χ0n) is 12.0. The number of rotatable bonds is 5. The van der Waals surface area contributed by atoms with Gasteiger partial charge in [-0.1, -0.05) is 0 Å². The number of methoxy groups -OCH3 is 1. The fourth-order valence-electron chi connectivity index (χ4n) is 1.67. The summed E-state index contributed by atoms with van der Waals surface area (Å²) in [6.07, 6.45) is 3.08. The molecule has 0 amide bonds. The van der Waals surface area contributed by atoms with Gasteiger partial charge in [0.25, 0.3) is 0 Å². The first-order chi connectivity index (χ1) is 10.0. The van der Waals surface area contributed by atoms with Gasteiger partial charge in [-0.3, -0.25) is 4.79 Å². The second kappa shape index (κ2) is 6.41. The van der Waals surface area contributed by atoms with Gasteiger partial charge in [0.1, 0.15) is 10.6 Å². The smallest absolute Gasteiger partial charge is 0.348 e. The summed E-state index contributed by atoms with van der Waals surface area (Å²) in [6, 6.07) is 5.03. The Bertz CT molecular complexity index is 681. The molecule has 0 unspecified atom stereocenters. The molecule has 0 fully saturated rings. The molecule has 2 aromatic rings. The van der Waals surface area contributed by atoms with Crippen LogP contribution in [0.5, 0.6) is 0 Å². The molecule has 0 saturated heterocycles. The lowest BCUT2D eigenvalue weighted by atomic mass is 10.2. The van der Waals surface area contributed by atoms with Crippen LogP contribution in [0, 0.1) is 0 Å². The van der Waals surface area contributed by atoms with E-state index in [1.54, 1.807) is 34.7 Å². The van der Waals surface area contributed by atoms with Crippen molar-refractivity contribution in [3.8, 4) is 11.3 Å². The van der Waals surface area contributed by atoms with E-state index in [9.17, 15) is 9.59 Å². The van der Waals surface area contributed by atoms with Crippen LogP contribution in [-0.4, -0.2) is 37.9 Å². The molecule has 0 aliphatic heterocycles. The van der Waals surface area contributed by atoms with E-state index in [0.717, 1.165) is 0 Å². The highest BCUT2D eigenvalue weighted by Gasteiger charge is 2.18. The minimum Gasteiger partial charge on any atom is -0.465 e. The van der Waals surface area contributed by atoms with E-state index < -0.39 is 5.97 Å². The summed E-state index contributed by atoms with van der Waals surface area (Å²) in [5, 5.41) is 1.78. The monoisotopic (exact) mass is 305 g/mol. The Kier molecular flexibility index (Phi) is 4.59. The number of carbonyl (C=O) groups is 2. The average molecular weight is 305 g/mol. The maximum Gasteiger partial charge on any atom is 0.348 e. The highest BCUT2D eigenvalue weighted by atomic mass is 32.1. The molecule has 0 aliphatic rings. The zero-order chi connectivity index (χ0) is 15.4. The molecule has 0 atom stereocenters. The van der Waals surface area contributed by atoms with Crippen molar-refractivity contribution in [2.24, 2.45) is 0 Å². The number of hydrogen-bond acceptors (Lipinski definition) is 6. The largest absolute Gasteiger partial charge is 0.465 e. The predicted molar refractivity (Wildman–Crippen MR) is 80.5 cm³/mol. The summed E-state index contributed by atoms with van der Waals surface area (Å²) in [7, 11) is 4.98. The third-order valence-electron chi connectivity index (χ3n) is 2.67. The third-order valence-corrected chi connectivity index (χ3v) is 3.57. The van der Waals surface area contributed by atoms with Crippen molar-refractivity contribution in [2.75, 3.05) is 21.2 Å². The lowest BCUT2D eigenvalue weighted by Crippen LogP contribution is -2.02. The molecule has 0 bridgehead atoms. The first kappa shape index (κ1) is 15.1. The molecule has 0 N–H and O–H groups in total. The van der Waals surface area contributed by atoms with Gasteiger partial charge in [0, 0.05) is 31.9 Å². The van der Waals surface area contributed by atoms with Crippen LogP contribution >= 0.6 is 11.3 Å². The topological polar surface area (TPSA) is 59.8 Å². The molecular formula is C15H15NO4S. The Balaban J connectivity index is 2.27. The minimum absolute atomic E-state index is 0.227. The van der Waals surface area contributed by atoms with Crippen molar-refractivity contribution in [1.82, 2.24) is 4.90 Å². The molecule has 0 spiro atoms. The van der Waals surface area contributed by atoms with E-state index in [0.29, 0.717) is 16.2 Å². The highest BCUT2D eigenvalue weighted by Crippen LogP contribution is 2.30. The van der Waals surface area contributed by atoms with E-state index in [1.165, 1.54) is 24.5 Å². The van der Waals surface area contributed by atoms with Crippen molar-refractivity contribution in [3.63, 3.8) is 0 Å². The molecule has 0 saturated carbocycles. The Morgan fingerprint density at radius 1 is 1.29 bits per heavy atom. The van der Waals surface area contributed by atoms with E-state index in [4.69, 9.17) is 9.15 Å². The van der Waals surface area contributed by atoms with E-state index in [-0.39, 0.29) is 11.5 Å². The number of carbonyl (C=O) groups excluding carboxylic acids is 2. The van der Waals surface area contributed by atoms with Crippen molar-refractivity contribution in [3.05, 3.63) is 46.5 Å². The molecule has 2 heterocycles. The summed E-state index contributed by atoms with van der Waals surface area (Å²) in [4.78, 5) is 25.8. The number of thiophene rings is 1. The second-order valence-corrected chi connectivity index (χ2v) is 5.38. The lowest BCUT2D eigenvalue weighted by Gasteiger charge is -2.01. The summed E-state index contributed by atoms with van der Waals surface area (Å²) < 4.78 is 10.3. The molecule has 5 nitrogen and oxygen atoms in total. The standard InChI is InChI=1S/C15H15NO4S/c1-16(2)8-6-11(17)13-5-4-12(20-13)10-7-9-21-14(10)15(18)19-3/h4-9H,1-3H3. The molecule has 0 radical (unpaired) electrons. The van der Waals surface area contributed by atoms with E-state index in [2.05, 4.69) is 0 Å². The van der Waals surface area contributed by atoms with Gasteiger partial charge in [-0.05, 0) is 23.6 Å². The maximum atomic E-state index is 11.9. The Morgan fingerprint density at radius 2 is 2.05 bits per heavy atom. The first-order valence-electron chi connectivity index (χ1n) is 6.18. The van der Waals surface area contributed by atoms with Gasteiger partial charge in [0.15, 0.2) is 5.76 Å². The van der Waals surface area contributed by atoms with Crippen molar-refractivity contribution in [1.29, 1.82) is 0 Å². The van der Waals surface area contributed by atoms with Gasteiger partial charge in [-0.15, -0.1) is 11.3 Å². The SMILES string of the molecule is COC(=O)c1sccc1-c1ccc(C(=O)C=CN(C)C)o1. The Morgan fingerprint density at radius 3 is 2.71 bits per heavy atom. The fraction of sp³-hybridized carbons (Fsp3) is 0.200. The molecule has 2 rings (SSSR count). The molecule has 110 valence electrons. The van der Waals surface area contributed by atoms with E-state index >= 15 is 0 Å². The van der Waals surface area contributed by atoms with Crippen LogP contribution in [-0.2, 0) is 4.74 Å². The predicted octanol–water partition coefficient (Wildman–Crippen LogP) is 3.05. The van der Waals surface area contributed by atoms with Crippen molar-refractivity contribution >= 4 is 23.1 Å². The highest BCUT2D eigenvalue weighted by molar-refractivity contribution is 7.12. The second-order valence-electron chi connectivity index (χ2n) is 4.46. The van der Waals surface area contributed by atoms with Crippen LogP contribution in [0.3, 0.4) is 0 Å². The van der Waals surface area contributed by atoms with Gasteiger partial charge < -0.3 is 14.1 Å². The number of ketones is 1. The Labute approximate surface area is 126 Å². The number of furan rings is 1. The molecule has 0 aromatic carbocycles. The zero-order valence-corrected chi connectivity index (χ0v) is 12.8. The lowest BCUT2D eigenvalue weighted by molar-refractivity contribution is 0.0607. The van der Waals surface area contributed by atoms with Crippen LogP contribution in [0.4, 0.5) is 0 Å². The van der Waals surface area contributed by atoms with Crippen LogP contribution in [0.15, 0.2) is 40.3 Å². The van der Waals surface area contributed by atoms with Crippen molar-refractivity contribution in [2.45, 2.75) is 0 Å². The molecule has 2 aromatic heterocycles. The summed E-state index contributed by atoms with van der Waals surface area (Å²) >= 11 is 1.27. The molecule has 21 heavy (non-hydrogen) atoms. The van der Waals surface area contributed by atoms with Crippen LogP contribution in [0.2, 0.25) is 0 Å². The normalized spacial score (nSPS) is 10.8. The van der Waals surface area contributed by atoms with Gasteiger partial charge in [-0.25, -0.2) is 4.79 Å². The third kappa shape index (κ3) is 3.41. The number of nitrogens with zero attached hydrogens (tertiary/aromatic N) is 1. The quantitative estimate of drug-likeness (QED) is 0.483. The summed E-state index contributed by atoms with van der Waals surface area (Å²) in [5.74, 6) is 0.0462. The van der Waals surface area contributed by atoms with Gasteiger partial charge >= 0.3 is 5.97 Å². The number of allylic oxidation sites excluding steroid dienone is 1. The first-order valence-corrected chi connectivity index (χ1v) is 7.06. The van der Waals surface area contributed by atoms with Crippen LogP contribution in [0.25, 0.3) is 11.3 Å². The maximum absolute atomic E-state index is 11.9.